The van der Waals surface area contributed by atoms with Gasteiger partial charge in [0.2, 0.25) is 0 Å². The molecule has 1 aliphatic rings. The van der Waals surface area contributed by atoms with Crippen LogP contribution in [0.5, 0.6) is 0 Å². The zero-order chi connectivity index (χ0) is 14.0. The Balaban J connectivity index is 2.24. The van der Waals surface area contributed by atoms with Crippen molar-refractivity contribution in [2.24, 2.45) is 0 Å². The van der Waals surface area contributed by atoms with Gasteiger partial charge in [-0.25, -0.2) is 13.2 Å². The van der Waals surface area contributed by atoms with Crippen molar-refractivity contribution in [1.82, 2.24) is 5.32 Å². The molecule has 0 amide bonds. The molecular formula is C14H18F3NO. The Kier molecular flexibility index (Phi) is 4.16. The van der Waals surface area contributed by atoms with Crippen LogP contribution in [0.15, 0.2) is 12.1 Å². The van der Waals surface area contributed by atoms with Crippen LogP contribution in [0.3, 0.4) is 0 Å². The maximum absolute atomic E-state index is 13.8. The molecule has 1 aromatic rings. The molecule has 5 heteroatoms. The van der Waals surface area contributed by atoms with E-state index in [0.29, 0.717) is 12.5 Å². The van der Waals surface area contributed by atoms with Gasteiger partial charge in [-0.2, -0.15) is 0 Å². The van der Waals surface area contributed by atoms with Crippen molar-refractivity contribution in [3.05, 3.63) is 35.1 Å². The van der Waals surface area contributed by atoms with Gasteiger partial charge in [-0.3, -0.25) is 0 Å². The van der Waals surface area contributed by atoms with Crippen molar-refractivity contribution in [2.45, 2.75) is 37.3 Å². The molecule has 2 nitrogen and oxygen atoms in total. The summed E-state index contributed by atoms with van der Waals surface area (Å²) in [7, 11) is 3.31. The predicted molar refractivity (Wildman–Crippen MR) is 66.3 cm³/mol. The smallest absolute Gasteiger partial charge is 0.161 e. The highest BCUT2D eigenvalue weighted by Gasteiger charge is 2.39. The normalized spacial score (nSPS) is 19.0. The Labute approximate surface area is 111 Å². The van der Waals surface area contributed by atoms with Crippen LogP contribution in [0.1, 0.15) is 37.3 Å². The van der Waals surface area contributed by atoms with Crippen LogP contribution in [-0.4, -0.2) is 19.8 Å². The standard InChI is InChI=1S/C14H18F3NO/c1-18-13(8-14(19-2)4-3-5-14)9-6-11(16)12(17)7-10(9)15/h6-7,13,18H,3-5,8H2,1-2H3. The van der Waals surface area contributed by atoms with E-state index in [1.165, 1.54) is 0 Å². The van der Waals surface area contributed by atoms with Gasteiger partial charge in [0.1, 0.15) is 5.82 Å². The van der Waals surface area contributed by atoms with Gasteiger partial charge in [-0.1, -0.05) is 0 Å². The largest absolute Gasteiger partial charge is 0.378 e. The number of benzene rings is 1. The number of methoxy groups -OCH3 is 1. The highest BCUT2D eigenvalue weighted by Crippen LogP contribution is 2.42. The van der Waals surface area contributed by atoms with Crippen LogP contribution in [0.4, 0.5) is 13.2 Å². The first-order valence-electron chi connectivity index (χ1n) is 6.38. The van der Waals surface area contributed by atoms with E-state index in [1.807, 2.05) is 0 Å². The van der Waals surface area contributed by atoms with E-state index in [4.69, 9.17) is 4.74 Å². The molecule has 1 N–H and O–H groups in total. The topological polar surface area (TPSA) is 21.3 Å². The summed E-state index contributed by atoms with van der Waals surface area (Å²) in [6, 6.07) is 1.12. The molecule has 0 heterocycles. The molecule has 106 valence electrons. The van der Waals surface area contributed by atoms with Crippen molar-refractivity contribution < 1.29 is 17.9 Å². The predicted octanol–water partition coefficient (Wildman–Crippen LogP) is 3.32. The SMILES string of the molecule is CNC(CC1(OC)CCC1)c1cc(F)c(F)cc1F. The van der Waals surface area contributed by atoms with Crippen LogP contribution in [0.25, 0.3) is 0 Å². The van der Waals surface area contributed by atoms with Gasteiger partial charge in [-0.15, -0.1) is 0 Å². The summed E-state index contributed by atoms with van der Waals surface area (Å²) in [5, 5.41) is 2.95. The van der Waals surface area contributed by atoms with E-state index in [0.717, 1.165) is 25.3 Å². The summed E-state index contributed by atoms with van der Waals surface area (Å²) in [4.78, 5) is 0. The van der Waals surface area contributed by atoms with Crippen molar-refractivity contribution in [2.75, 3.05) is 14.2 Å². The first-order chi connectivity index (χ1) is 9.01. The summed E-state index contributed by atoms with van der Waals surface area (Å²) in [5.41, 5.74) is -0.130. The summed E-state index contributed by atoms with van der Waals surface area (Å²) < 4.78 is 45.5. The molecule has 0 aromatic heterocycles. The third kappa shape index (κ3) is 2.77. The number of halogens is 3. The lowest BCUT2D eigenvalue weighted by molar-refractivity contribution is -0.0836. The van der Waals surface area contributed by atoms with E-state index in [-0.39, 0.29) is 11.2 Å². The molecule has 0 spiro atoms. The minimum absolute atomic E-state index is 0.143. The third-order valence-electron chi connectivity index (χ3n) is 4.04. The average Bonchev–Trinajstić information content (AvgIpc) is 2.34. The molecule has 1 saturated carbocycles. The van der Waals surface area contributed by atoms with Gasteiger partial charge in [0, 0.05) is 24.8 Å². The third-order valence-corrected chi connectivity index (χ3v) is 4.04. The van der Waals surface area contributed by atoms with Crippen molar-refractivity contribution in [3.8, 4) is 0 Å². The number of ether oxygens (including phenoxy) is 1. The van der Waals surface area contributed by atoms with Crippen molar-refractivity contribution >= 4 is 0 Å². The molecule has 0 bridgehead atoms. The second kappa shape index (κ2) is 5.51. The molecule has 0 aliphatic heterocycles. The second-order valence-electron chi connectivity index (χ2n) is 5.07. The lowest BCUT2D eigenvalue weighted by Crippen LogP contribution is -2.42. The van der Waals surface area contributed by atoms with E-state index >= 15 is 0 Å². The van der Waals surface area contributed by atoms with E-state index < -0.39 is 23.5 Å². The zero-order valence-electron chi connectivity index (χ0n) is 11.1. The summed E-state index contributed by atoms with van der Waals surface area (Å²) in [6.07, 6.45) is 3.44. The fourth-order valence-electron chi connectivity index (χ4n) is 2.61. The molecule has 1 aromatic carbocycles. The molecule has 2 rings (SSSR count). The first-order valence-corrected chi connectivity index (χ1v) is 6.38. The lowest BCUT2D eigenvalue weighted by Gasteiger charge is -2.42. The highest BCUT2D eigenvalue weighted by molar-refractivity contribution is 5.24. The fourth-order valence-corrected chi connectivity index (χ4v) is 2.61. The Morgan fingerprint density at radius 2 is 1.84 bits per heavy atom. The Morgan fingerprint density at radius 1 is 1.21 bits per heavy atom. The number of hydrogen-bond acceptors (Lipinski definition) is 2. The van der Waals surface area contributed by atoms with Crippen LogP contribution in [-0.2, 0) is 4.74 Å². The fraction of sp³-hybridized carbons (Fsp3) is 0.571. The zero-order valence-corrected chi connectivity index (χ0v) is 11.1. The van der Waals surface area contributed by atoms with Crippen LogP contribution in [0, 0.1) is 17.5 Å². The average molecular weight is 273 g/mol. The Bertz CT molecular complexity index is 455. The molecule has 0 radical (unpaired) electrons. The Hall–Kier alpha value is -1.07. The molecule has 1 unspecified atom stereocenters. The minimum atomic E-state index is -1.17. The van der Waals surface area contributed by atoms with E-state index in [9.17, 15) is 13.2 Å². The summed E-state index contributed by atoms with van der Waals surface area (Å²) in [5.74, 6) is -2.93. The van der Waals surface area contributed by atoms with Gasteiger partial charge in [0.15, 0.2) is 11.6 Å². The maximum atomic E-state index is 13.8. The lowest BCUT2D eigenvalue weighted by atomic mass is 9.74. The van der Waals surface area contributed by atoms with Gasteiger partial charge in [-0.05, 0) is 38.8 Å². The minimum Gasteiger partial charge on any atom is -0.378 e. The first kappa shape index (κ1) is 14.3. The van der Waals surface area contributed by atoms with Crippen LogP contribution in [0.2, 0.25) is 0 Å². The molecular weight excluding hydrogens is 255 g/mol. The maximum Gasteiger partial charge on any atom is 0.161 e. The van der Waals surface area contributed by atoms with Gasteiger partial charge in [0.05, 0.1) is 5.60 Å². The van der Waals surface area contributed by atoms with Gasteiger partial charge < -0.3 is 10.1 Å². The molecule has 1 aliphatic carbocycles. The molecule has 1 atom stereocenters. The summed E-state index contributed by atoms with van der Waals surface area (Å²) >= 11 is 0. The molecule has 1 fully saturated rings. The summed E-state index contributed by atoms with van der Waals surface area (Å²) in [6.45, 7) is 0. The Morgan fingerprint density at radius 3 is 2.32 bits per heavy atom. The monoisotopic (exact) mass is 273 g/mol. The highest BCUT2D eigenvalue weighted by atomic mass is 19.2. The van der Waals surface area contributed by atoms with Crippen LogP contribution >= 0.6 is 0 Å². The number of hydrogen-bond donors (Lipinski definition) is 1. The van der Waals surface area contributed by atoms with E-state index in [1.54, 1.807) is 14.2 Å². The molecule has 0 saturated heterocycles. The second-order valence-corrected chi connectivity index (χ2v) is 5.07. The van der Waals surface area contributed by atoms with Crippen molar-refractivity contribution in [3.63, 3.8) is 0 Å². The molecule has 19 heavy (non-hydrogen) atoms. The number of rotatable bonds is 5. The quantitative estimate of drug-likeness (QED) is 0.831. The van der Waals surface area contributed by atoms with Gasteiger partial charge >= 0.3 is 0 Å². The van der Waals surface area contributed by atoms with Gasteiger partial charge in [0.25, 0.3) is 0 Å². The van der Waals surface area contributed by atoms with Crippen molar-refractivity contribution in [1.29, 1.82) is 0 Å². The van der Waals surface area contributed by atoms with E-state index in [2.05, 4.69) is 5.32 Å². The number of nitrogens with one attached hydrogen (secondary N) is 1. The van der Waals surface area contributed by atoms with Crippen LogP contribution < -0.4 is 5.32 Å².